The summed E-state index contributed by atoms with van der Waals surface area (Å²) in [7, 11) is 0. The highest BCUT2D eigenvalue weighted by Crippen LogP contribution is 2.23. The van der Waals surface area contributed by atoms with Crippen molar-refractivity contribution in [2.24, 2.45) is 5.73 Å². The number of nitriles is 1. The number of nitrogens with two attached hydrogens (primary N) is 1. The fourth-order valence-electron chi connectivity index (χ4n) is 3.66. The van der Waals surface area contributed by atoms with Crippen molar-refractivity contribution in [3.05, 3.63) is 54.1 Å². The average molecular weight is 407 g/mol. The maximum atomic E-state index is 12.1. The van der Waals surface area contributed by atoms with Crippen molar-refractivity contribution in [3.63, 3.8) is 0 Å². The average Bonchev–Trinajstić information content (AvgIpc) is 3.02. The van der Waals surface area contributed by atoms with Gasteiger partial charge < -0.3 is 20.3 Å². The Morgan fingerprint density at radius 1 is 1.07 bits per heavy atom. The van der Waals surface area contributed by atoms with E-state index in [0.29, 0.717) is 12.2 Å². The molecule has 1 heterocycles. The van der Waals surface area contributed by atoms with Crippen LogP contribution in [-0.4, -0.2) is 61.1 Å². The van der Waals surface area contributed by atoms with Gasteiger partial charge in [-0.1, -0.05) is 24.3 Å². The minimum Gasteiger partial charge on any atom is -0.494 e. The van der Waals surface area contributed by atoms with E-state index in [-0.39, 0.29) is 5.91 Å². The molecular formula is C24H30N4O2. The van der Waals surface area contributed by atoms with Crippen molar-refractivity contribution in [3.8, 4) is 22.9 Å². The first kappa shape index (κ1) is 21.8. The second kappa shape index (κ2) is 10.8. The fraction of sp³-hybridized carbons (Fsp3) is 0.417. The zero-order valence-corrected chi connectivity index (χ0v) is 17.6. The first-order chi connectivity index (χ1) is 14.6. The highest BCUT2D eigenvalue weighted by Gasteiger charge is 2.20. The Morgan fingerprint density at radius 3 is 2.37 bits per heavy atom. The predicted molar refractivity (Wildman–Crippen MR) is 118 cm³/mol. The van der Waals surface area contributed by atoms with Gasteiger partial charge in [0.2, 0.25) is 5.91 Å². The third kappa shape index (κ3) is 6.06. The number of hydrogen-bond donors (Lipinski definition) is 1. The summed E-state index contributed by atoms with van der Waals surface area (Å²) < 4.78 is 5.90. The van der Waals surface area contributed by atoms with Gasteiger partial charge in [-0.05, 0) is 61.7 Å². The number of ether oxygens (including phenoxy) is 1. The molecule has 0 aromatic heterocycles. The van der Waals surface area contributed by atoms with Crippen LogP contribution in [0.3, 0.4) is 0 Å². The minimum atomic E-state index is -0.423. The third-order valence-electron chi connectivity index (χ3n) is 5.38. The van der Waals surface area contributed by atoms with Crippen LogP contribution in [0, 0.1) is 11.3 Å². The van der Waals surface area contributed by atoms with Crippen LogP contribution < -0.4 is 10.5 Å². The van der Waals surface area contributed by atoms with Crippen molar-refractivity contribution in [1.29, 1.82) is 5.26 Å². The van der Waals surface area contributed by atoms with Crippen LogP contribution in [0.5, 0.6) is 5.75 Å². The van der Waals surface area contributed by atoms with Crippen LogP contribution in [0.25, 0.3) is 11.1 Å². The number of benzene rings is 2. The molecule has 0 aliphatic carbocycles. The molecule has 6 nitrogen and oxygen atoms in total. The lowest BCUT2D eigenvalue weighted by Crippen LogP contribution is -2.43. The Morgan fingerprint density at radius 2 is 1.73 bits per heavy atom. The van der Waals surface area contributed by atoms with Crippen molar-refractivity contribution in [2.75, 3.05) is 39.3 Å². The molecule has 158 valence electrons. The van der Waals surface area contributed by atoms with Gasteiger partial charge in [0, 0.05) is 26.2 Å². The van der Waals surface area contributed by atoms with Gasteiger partial charge in [-0.15, -0.1) is 0 Å². The van der Waals surface area contributed by atoms with Crippen molar-refractivity contribution >= 4 is 5.91 Å². The second-order valence-electron chi connectivity index (χ2n) is 7.72. The molecule has 0 bridgehead atoms. The molecule has 1 fully saturated rings. The maximum Gasteiger partial charge on any atom is 0.239 e. The number of carbonyl (C=O) groups is 1. The van der Waals surface area contributed by atoms with Gasteiger partial charge in [0.25, 0.3) is 0 Å². The quantitative estimate of drug-likeness (QED) is 0.715. The molecule has 30 heavy (non-hydrogen) atoms. The summed E-state index contributed by atoms with van der Waals surface area (Å²) >= 11 is 0. The van der Waals surface area contributed by atoms with E-state index in [1.54, 1.807) is 6.92 Å². The lowest BCUT2D eigenvalue weighted by atomic mass is 10.0. The molecule has 0 radical (unpaired) electrons. The van der Waals surface area contributed by atoms with Crippen LogP contribution in [0.1, 0.15) is 25.3 Å². The normalized spacial score (nSPS) is 15.8. The van der Waals surface area contributed by atoms with Crippen molar-refractivity contribution in [1.82, 2.24) is 9.80 Å². The van der Waals surface area contributed by atoms with E-state index in [0.717, 1.165) is 62.4 Å². The minimum absolute atomic E-state index is 0.0460. The molecule has 3 rings (SSSR count). The van der Waals surface area contributed by atoms with Crippen LogP contribution in [0.15, 0.2) is 48.5 Å². The first-order valence-corrected chi connectivity index (χ1v) is 10.6. The van der Waals surface area contributed by atoms with E-state index in [2.05, 4.69) is 11.0 Å². The summed E-state index contributed by atoms with van der Waals surface area (Å²) in [6, 6.07) is 17.3. The summed E-state index contributed by atoms with van der Waals surface area (Å²) in [5.41, 5.74) is 8.57. The van der Waals surface area contributed by atoms with E-state index < -0.39 is 6.04 Å². The van der Waals surface area contributed by atoms with E-state index >= 15 is 0 Å². The maximum absolute atomic E-state index is 12.1. The number of carbonyl (C=O) groups excluding carboxylic acids is 1. The van der Waals surface area contributed by atoms with Gasteiger partial charge in [-0.2, -0.15) is 5.26 Å². The van der Waals surface area contributed by atoms with E-state index in [1.807, 2.05) is 53.4 Å². The standard InChI is InChI=1S/C24H30N4O2/c1-19(26)24(29)28-14-2-12-27(15-16-28)13-3-17-30-23-10-8-22(9-11-23)21-6-4-20(18-25)5-7-21/h4-11,19H,2-3,12-17,26H2,1H3/t19-/m1/s1. The Balaban J connectivity index is 1.40. The molecule has 0 saturated carbocycles. The summed E-state index contributed by atoms with van der Waals surface area (Å²) in [6.07, 6.45) is 1.93. The molecule has 1 atom stereocenters. The highest BCUT2D eigenvalue weighted by atomic mass is 16.5. The van der Waals surface area contributed by atoms with Crippen LogP contribution in [0.4, 0.5) is 0 Å². The topological polar surface area (TPSA) is 82.6 Å². The number of hydrogen-bond acceptors (Lipinski definition) is 5. The van der Waals surface area contributed by atoms with Gasteiger partial charge in [-0.3, -0.25) is 4.79 Å². The van der Waals surface area contributed by atoms with Crippen molar-refractivity contribution < 1.29 is 9.53 Å². The van der Waals surface area contributed by atoms with Gasteiger partial charge in [0.15, 0.2) is 0 Å². The van der Waals surface area contributed by atoms with Gasteiger partial charge in [0.05, 0.1) is 24.3 Å². The first-order valence-electron chi connectivity index (χ1n) is 10.6. The molecular weight excluding hydrogens is 376 g/mol. The lowest BCUT2D eigenvalue weighted by Gasteiger charge is -2.23. The second-order valence-corrected chi connectivity index (χ2v) is 7.72. The zero-order valence-electron chi connectivity index (χ0n) is 17.6. The number of rotatable bonds is 7. The van der Waals surface area contributed by atoms with Crippen LogP contribution in [-0.2, 0) is 4.79 Å². The van der Waals surface area contributed by atoms with Gasteiger partial charge in [-0.25, -0.2) is 0 Å². The zero-order chi connectivity index (χ0) is 21.3. The molecule has 1 aliphatic rings. The summed E-state index contributed by atoms with van der Waals surface area (Å²) in [5, 5.41) is 8.90. The van der Waals surface area contributed by atoms with Crippen LogP contribution >= 0.6 is 0 Å². The number of nitrogens with zero attached hydrogens (tertiary/aromatic N) is 3. The molecule has 0 spiro atoms. The molecule has 1 saturated heterocycles. The molecule has 6 heteroatoms. The summed E-state index contributed by atoms with van der Waals surface area (Å²) in [6.45, 7) is 6.80. The number of amides is 1. The monoisotopic (exact) mass is 406 g/mol. The predicted octanol–water partition coefficient (Wildman–Crippen LogP) is 2.88. The molecule has 1 amide bonds. The highest BCUT2D eigenvalue weighted by molar-refractivity contribution is 5.81. The van der Waals surface area contributed by atoms with Crippen molar-refractivity contribution in [2.45, 2.75) is 25.8 Å². The van der Waals surface area contributed by atoms with E-state index in [1.165, 1.54) is 0 Å². The van der Waals surface area contributed by atoms with Gasteiger partial charge in [0.1, 0.15) is 5.75 Å². The summed E-state index contributed by atoms with van der Waals surface area (Å²) in [5.74, 6) is 0.904. The van der Waals surface area contributed by atoms with Gasteiger partial charge >= 0.3 is 0 Å². The lowest BCUT2D eigenvalue weighted by molar-refractivity contribution is -0.132. The van der Waals surface area contributed by atoms with Crippen LogP contribution in [0.2, 0.25) is 0 Å². The Bertz CT molecular complexity index is 856. The Labute approximate surface area is 178 Å². The molecule has 1 aliphatic heterocycles. The molecule has 0 unspecified atom stereocenters. The molecule has 2 aromatic rings. The smallest absolute Gasteiger partial charge is 0.239 e. The Hall–Kier alpha value is -2.88. The molecule has 2 aromatic carbocycles. The Kier molecular flexibility index (Phi) is 7.83. The largest absolute Gasteiger partial charge is 0.494 e. The summed E-state index contributed by atoms with van der Waals surface area (Å²) in [4.78, 5) is 16.3. The van der Waals surface area contributed by atoms with E-state index in [9.17, 15) is 4.79 Å². The third-order valence-corrected chi connectivity index (χ3v) is 5.38. The fourth-order valence-corrected chi connectivity index (χ4v) is 3.66. The van der Waals surface area contributed by atoms with E-state index in [4.69, 9.17) is 15.7 Å². The molecule has 2 N–H and O–H groups in total. The SMILES string of the molecule is C[C@@H](N)C(=O)N1CCCN(CCCOc2ccc(-c3ccc(C#N)cc3)cc2)CC1.